The van der Waals surface area contributed by atoms with Crippen molar-refractivity contribution in [3.05, 3.63) is 41.1 Å². The molecule has 0 aromatic heterocycles. The summed E-state index contributed by atoms with van der Waals surface area (Å²) in [5, 5.41) is 7.58. The van der Waals surface area contributed by atoms with Gasteiger partial charge in [-0.25, -0.2) is 8.42 Å². The van der Waals surface area contributed by atoms with Gasteiger partial charge in [0.1, 0.15) is 0 Å². The van der Waals surface area contributed by atoms with Gasteiger partial charge in [-0.1, -0.05) is 6.07 Å². The summed E-state index contributed by atoms with van der Waals surface area (Å²) in [6.45, 7) is 4.98. The van der Waals surface area contributed by atoms with E-state index in [0.29, 0.717) is 30.1 Å². The fraction of sp³-hybridized carbons (Fsp3) is 0.500. The highest BCUT2D eigenvalue weighted by Crippen LogP contribution is 2.36. The van der Waals surface area contributed by atoms with Crippen molar-refractivity contribution in [1.29, 1.82) is 0 Å². The molecule has 3 heterocycles. The molecular weight excluding hydrogens is 352 g/mol. The van der Waals surface area contributed by atoms with Crippen LogP contribution in [0.4, 0.5) is 0 Å². The summed E-state index contributed by atoms with van der Waals surface area (Å²) in [7, 11) is -3.57. The van der Waals surface area contributed by atoms with Crippen LogP contribution in [0.1, 0.15) is 24.0 Å². The maximum atomic E-state index is 13.3. The van der Waals surface area contributed by atoms with Crippen molar-refractivity contribution in [3.63, 3.8) is 0 Å². The smallest absolute Gasteiger partial charge is 0.253 e. The number of rotatable bonds is 3. The van der Waals surface area contributed by atoms with Gasteiger partial charge in [-0.15, -0.1) is 0 Å². The van der Waals surface area contributed by atoms with Crippen LogP contribution in [0.3, 0.4) is 0 Å². The van der Waals surface area contributed by atoms with Crippen LogP contribution in [0.25, 0.3) is 0 Å². The van der Waals surface area contributed by atoms with Crippen LogP contribution in [0.15, 0.2) is 45.1 Å². The molecular formula is C18H22N4O3S. The Morgan fingerprint density at radius 3 is 2.23 bits per heavy atom. The average Bonchev–Trinajstić information content (AvgIpc) is 3.20. The van der Waals surface area contributed by atoms with E-state index < -0.39 is 10.0 Å². The molecule has 0 aliphatic carbocycles. The molecule has 3 aliphatic rings. The SMILES string of the molecule is Cc1cc(C)cc(S(=O)(=O)N2C3CCC2CN(C(=O)C2=CN=NC2)C3)c1. The molecule has 2 unspecified atom stereocenters. The summed E-state index contributed by atoms with van der Waals surface area (Å²) in [5.74, 6) is -0.0738. The lowest BCUT2D eigenvalue weighted by Crippen LogP contribution is -2.57. The highest BCUT2D eigenvalue weighted by atomic mass is 32.2. The third kappa shape index (κ3) is 2.87. The topological polar surface area (TPSA) is 82.4 Å². The van der Waals surface area contributed by atoms with Gasteiger partial charge in [0.05, 0.1) is 23.2 Å². The lowest BCUT2D eigenvalue weighted by atomic mass is 10.2. The summed E-state index contributed by atoms with van der Waals surface area (Å²) >= 11 is 0. The van der Waals surface area contributed by atoms with E-state index in [2.05, 4.69) is 10.2 Å². The molecule has 2 bridgehead atoms. The van der Waals surface area contributed by atoms with E-state index in [4.69, 9.17) is 0 Å². The standard InChI is InChI=1S/C18H22N4O3S/c1-12-5-13(2)7-17(6-12)26(24,25)22-15-3-4-16(22)11-21(10-15)18(23)14-8-19-20-9-14/h5-8,15-16H,3-4,9-11H2,1-2H3. The van der Waals surface area contributed by atoms with Crippen molar-refractivity contribution in [2.45, 2.75) is 43.7 Å². The van der Waals surface area contributed by atoms with Crippen molar-refractivity contribution in [3.8, 4) is 0 Å². The highest BCUT2D eigenvalue weighted by Gasteiger charge is 2.48. The number of carbonyl (C=O) groups is 1. The average molecular weight is 374 g/mol. The lowest BCUT2D eigenvalue weighted by molar-refractivity contribution is -0.129. The van der Waals surface area contributed by atoms with Gasteiger partial charge in [-0.2, -0.15) is 14.5 Å². The minimum atomic E-state index is -3.57. The first-order valence-corrected chi connectivity index (χ1v) is 10.3. The molecule has 8 heteroatoms. The minimum Gasteiger partial charge on any atom is -0.336 e. The van der Waals surface area contributed by atoms with Gasteiger partial charge in [0.2, 0.25) is 10.0 Å². The van der Waals surface area contributed by atoms with E-state index >= 15 is 0 Å². The lowest BCUT2D eigenvalue weighted by Gasteiger charge is -2.40. The van der Waals surface area contributed by atoms with Gasteiger partial charge in [-0.05, 0) is 49.9 Å². The van der Waals surface area contributed by atoms with E-state index in [0.717, 1.165) is 24.0 Å². The monoisotopic (exact) mass is 374 g/mol. The molecule has 3 aliphatic heterocycles. The van der Waals surface area contributed by atoms with E-state index in [-0.39, 0.29) is 18.0 Å². The predicted molar refractivity (Wildman–Crippen MR) is 96.1 cm³/mol. The van der Waals surface area contributed by atoms with Crippen LogP contribution in [0.2, 0.25) is 0 Å². The van der Waals surface area contributed by atoms with E-state index in [1.807, 2.05) is 19.9 Å². The Bertz CT molecular complexity index is 888. The molecule has 0 saturated carbocycles. The molecule has 26 heavy (non-hydrogen) atoms. The fourth-order valence-corrected chi connectivity index (χ4v) is 6.26. The summed E-state index contributed by atoms with van der Waals surface area (Å²) in [6, 6.07) is 5.09. The fourth-order valence-electron chi connectivity index (χ4n) is 4.22. The Labute approximate surface area is 153 Å². The second-order valence-electron chi connectivity index (χ2n) is 7.32. The zero-order chi connectivity index (χ0) is 18.5. The van der Waals surface area contributed by atoms with Crippen LogP contribution in [-0.2, 0) is 14.8 Å². The van der Waals surface area contributed by atoms with Crippen LogP contribution < -0.4 is 0 Å². The summed E-state index contributed by atoms with van der Waals surface area (Å²) in [6.07, 6.45) is 3.07. The molecule has 1 aromatic carbocycles. The number of sulfonamides is 1. The number of aryl methyl sites for hydroxylation is 2. The molecule has 1 amide bonds. The van der Waals surface area contributed by atoms with Gasteiger partial charge in [0, 0.05) is 25.2 Å². The molecule has 138 valence electrons. The van der Waals surface area contributed by atoms with Crippen molar-refractivity contribution in [2.75, 3.05) is 19.6 Å². The van der Waals surface area contributed by atoms with Crippen LogP contribution in [-0.4, -0.2) is 55.2 Å². The Morgan fingerprint density at radius 1 is 1.08 bits per heavy atom. The maximum absolute atomic E-state index is 13.3. The minimum absolute atomic E-state index is 0.0738. The molecule has 4 rings (SSSR count). The normalized spacial score (nSPS) is 25.6. The second kappa shape index (κ2) is 6.28. The number of azo groups is 1. The molecule has 2 fully saturated rings. The number of piperazine rings is 1. The summed E-state index contributed by atoms with van der Waals surface area (Å²) < 4.78 is 28.2. The van der Waals surface area contributed by atoms with Crippen LogP contribution in [0, 0.1) is 13.8 Å². The Kier molecular flexibility index (Phi) is 4.19. The highest BCUT2D eigenvalue weighted by molar-refractivity contribution is 7.89. The second-order valence-corrected chi connectivity index (χ2v) is 9.17. The van der Waals surface area contributed by atoms with Crippen molar-refractivity contribution in [2.24, 2.45) is 10.2 Å². The third-order valence-electron chi connectivity index (χ3n) is 5.28. The van der Waals surface area contributed by atoms with Gasteiger partial charge in [0.25, 0.3) is 5.91 Å². The van der Waals surface area contributed by atoms with Crippen molar-refractivity contribution < 1.29 is 13.2 Å². The van der Waals surface area contributed by atoms with E-state index in [1.54, 1.807) is 21.3 Å². The maximum Gasteiger partial charge on any atom is 0.253 e. The van der Waals surface area contributed by atoms with Crippen molar-refractivity contribution >= 4 is 15.9 Å². The number of nitrogens with zero attached hydrogens (tertiary/aromatic N) is 4. The first kappa shape index (κ1) is 17.4. The Morgan fingerprint density at radius 2 is 1.69 bits per heavy atom. The quantitative estimate of drug-likeness (QED) is 0.811. The van der Waals surface area contributed by atoms with Crippen LogP contribution in [0.5, 0.6) is 0 Å². The first-order chi connectivity index (χ1) is 12.4. The zero-order valence-electron chi connectivity index (χ0n) is 14.9. The first-order valence-electron chi connectivity index (χ1n) is 8.83. The number of hydrogen-bond acceptors (Lipinski definition) is 5. The molecule has 2 saturated heterocycles. The number of carbonyl (C=O) groups excluding carboxylic acids is 1. The molecule has 0 radical (unpaired) electrons. The number of benzene rings is 1. The molecule has 1 aromatic rings. The largest absolute Gasteiger partial charge is 0.336 e. The van der Waals surface area contributed by atoms with E-state index in [9.17, 15) is 13.2 Å². The van der Waals surface area contributed by atoms with Gasteiger partial charge in [-0.3, -0.25) is 4.79 Å². The number of amides is 1. The van der Waals surface area contributed by atoms with Gasteiger partial charge < -0.3 is 4.90 Å². The Hall–Kier alpha value is -2.06. The molecule has 7 nitrogen and oxygen atoms in total. The van der Waals surface area contributed by atoms with Crippen LogP contribution >= 0.6 is 0 Å². The molecule has 0 spiro atoms. The number of hydrogen-bond donors (Lipinski definition) is 0. The number of fused-ring (bicyclic) bond motifs is 2. The number of likely N-dealkylation sites (tertiary alicyclic amines) is 1. The van der Waals surface area contributed by atoms with Crippen molar-refractivity contribution in [1.82, 2.24) is 9.21 Å². The Balaban J connectivity index is 1.59. The van der Waals surface area contributed by atoms with E-state index in [1.165, 1.54) is 6.20 Å². The molecule has 0 N–H and O–H groups in total. The zero-order valence-corrected chi connectivity index (χ0v) is 15.7. The third-order valence-corrected chi connectivity index (χ3v) is 7.27. The van der Waals surface area contributed by atoms with Gasteiger partial charge in [0.15, 0.2) is 0 Å². The predicted octanol–water partition coefficient (Wildman–Crippen LogP) is 2.02. The summed E-state index contributed by atoms with van der Waals surface area (Å²) in [5.41, 5.74) is 2.45. The van der Waals surface area contributed by atoms with Gasteiger partial charge >= 0.3 is 0 Å². The molecule has 2 atom stereocenters. The summed E-state index contributed by atoms with van der Waals surface area (Å²) in [4.78, 5) is 14.7.